The number of carbonyl (C=O) groups is 3. The first-order valence-electron chi connectivity index (χ1n) is 13.4. The Morgan fingerprint density at radius 1 is 1.02 bits per heavy atom. The van der Waals surface area contributed by atoms with Crippen LogP contribution in [0.1, 0.15) is 38.1 Å². The number of aliphatic hydroxyl groups is 1. The van der Waals surface area contributed by atoms with Gasteiger partial charge in [0.15, 0.2) is 16.6 Å². The van der Waals surface area contributed by atoms with Crippen molar-refractivity contribution < 1.29 is 38.4 Å². The first-order valence-corrected chi connectivity index (χ1v) is 14.2. The van der Waals surface area contributed by atoms with Crippen LogP contribution in [0.25, 0.3) is 5.76 Å². The van der Waals surface area contributed by atoms with E-state index in [0.717, 1.165) is 16.9 Å². The quantitative estimate of drug-likeness (QED) is 0.132. The number of ketones is 1. The van der Waals surface area contributed by atoms with Gasteiger partial charge in [0, 0.05) is 5.56 Å². The van der Waals surface area contributed by atoms with Gasteiger partial charge in [-0.3, -0.25) is 14.5 Å². The molecule has 6 rings (SSSR count). The Morgan fingerprint density at radius 3 is 2.56 bits per heavy atom. The first kappa shape index (κ1) is 28.0. The highest BCUT2D eigenvalue weighted by atomic mass is 32.1. The van der Waals surface area contributed by atoms with Crippen LogP contribution in [0.5, 0.6) is 17.2 Å². The van der Waals surface area contributed by atoms with E-state index in [0.29, 0.717) is 48.3 Å². The number of fused-ring (bicyclic) bond motifs is 1. The average Bonchev–Trinajstić information content (AvgIpc) is 3.55. The van der Waals surface area contributed by atoms with Gasteiger partial charge in [-0.25, -0.2) is 9.78 Å². The van der Waals surface area contributed by atoms with Gasteiger partial charge in [0.05, 0.1) is 24.4 Å². The summed E-state index contributed by atoms with van der Waals surface area (Å²) in [6, 6.07) is 20.3. The minimum absolute atomic E-state index is 0.113. The monoisotopic (exact) mass is 598 g/mol. The Bertz CT molecular complexity index is 1760. The van der Waals surface area contributed by atoms with Gasteiger partial charge in [-0.05, 0) is 48.4 Å². The van der Waals surface area contributed by atoms with Gasteiger partial charge in [0.25, 0.3) is 5.78 Å². The zero-order chi connectivity index (χ0) is 30.1. The summed E-state index contributed by atoms with van der Waals surface area (Å²) in [7, 11) is 1.25. The number of rotatable bonds is 7. The lowest BCUT2D eigenvalue weighted by molar-refractivity contribution is -0.132. The van der Waals surface area contributed by atoms with Crippen molar-refractivity contribution in [1.29, 1.82) is 0 Å². The highest BCUT2D eigenvalue weighted by Gasteiger charge is 2.48. The fourth-order valence-electron chi connectivity index (χ4n) is 4.97. The SMILES string of the molecule is COC(=O)c1sc(N2C(=O)C(=O)C(=C(O)c3ccc4c(c3)OCCO4)[C@H]2c2cccc(OCc3ccccc3)c2)nc1C. The lowest BCUT2D eigenvalue weighted by Crippen LogP contribution is -2.29. The highest BCUT2D eigenvalue weighted by molar-refractivity contribution is 7.17. The van der Waals surface area contributed by atoms with E-state index in [1.165, 1.54) is 12.0 Å². The Morgan fingerprint density at radius 2 is 1.79 bits per heavy atom. The number of methoxy groups -OCH3 is 1. The number of hydrogen-bond acceptors (Lipinski definition) is 10. The second kappa shape index (κ2) is 11.6. The van der Waals surface area contributed by atoms with Gasteiger partial charge in [0.1, 0.15) is 36.2 Å². The molecule has 0 bridgehead atoms. The summed E-state index contributed by atoms with van der Waals surface area (Å²) in [5.74, 6) is -1.38. The third-order valence-corrected chi connectivity index (χ3v) is 8.18. The standard InChI is InChI=1S/C32H26N2O8S/c1-18-29(31(38)39-2)43-32(33-18)34-26(20-9-6-10-22(15-20)42-17-19-7-4-3-5-8-19)25(28(36)30(34)37)27(35)21-11-12-23-24(16-21)41-14-13-40-23/h3-12,15-16,26,35H,13-14,17H2,1-2H3/t26-/m1/s1. The number of nitrogens with zero attached hydrogens (tertiary/aromatic N) is 2. The summed E-state index contributed by atoms with van der Waals surface area (Å²) in [4.78, 5) is 45.5. The van der Waals surface area contributed by atoms with Crippen molar-refractivity contribution in [2.24, 2.45) is 0 Å². The van der Waals surface area contributed by atoms with Crippen molar-refractivity contribution >= 4 is 39.9 Å². The minimum Gasteiger partial charge on any atom is -0.507 e. The van der Waals surface area contributed by atoms with Gasteiger partial charge < -0.3 is 24.1 Å². The van der Waals surface area contributed by atoms with Crippen molar-refractivity contribution in [3.8, 4) is 17.2 Å². The number of aryl methyl sites for hydroxylation is 1. The summed E-state index contributed by atoms with van der Waals surface area (Å²) in [5, 5.41) is 11.7. The summed E-state index contributed by atoms with van der Waals surface area (Å²) < 4.78 is 22.1. The molecule has 1 amide bonds. The van der Waals surface area contributed by atoms with E-state index < -0.39 is 23.7 Å². The number of aromatic nitrogens is 1. The van der Waals surface area contributed by atoms with Gasteiger partial charge in [-0.15, -0.1) is 0 Å². The molecule has 4 aromatic rings. The fourth-order valence-corrected chi connectivity index (χ4v) is 5.99. The molecule has 0 radical (unpaired) electrons. The van der Waals surface area contributed by atoms with E-state index in [9.17, 15) is 19.5 Å². The molecule has 1 saturated heterocycles. The molecule has 11 heteroatoms. The van der Waals surface area contributed by atoms with E-state index in [1.807, 2.05) is 30.3 Å². The van der Waals surface area contributed by atoms with Crippen LogP contribution in [0, 0.1) is 6.92 Å². The van der Waals surface area contributed by atoms with Crippen molar-refractivity contribution in [3.05, 3.63) is 106 Å². The maximum atomic E-state index is 13.6. The molecule has 2 aliphatic heterocycles. The zero-order valence-corrected chi connectivity index (χ0v) is 24.1. The molecule has 3 aromatic carbocycles. The molecule has 2 aliphatic rings. The second-order valence-corrected chi connectivity index (χ2v) is 10.8. The number of benzene rings is 3. The van der Waals surface area contributed by atoms with Gasteiger partial charge in [0.2, 0.25) is 0 Å². The van der Waals surface area contributed by atoms with E-state index in [4.69, 9.17) is 18.9 Å². The fraction of sp³-hybridized carbons (Fsp3) is 0.188. The number of amides is 1. The van der Waals surface area contributed by atoms with Crippen molar-refractivity contribution in [3.63, 3.8) is 0 Å². The Hall–Kier alpha value is -5.16. The lowest BCUT2D eigenvalue weighted by Gasteiger charge is -2.24. The number of Topliss-reactive ketones (excluding diaryl/α,β-unsaturated/α-hetero) is 1. The van der Waals surface area contributed by atoms with Crippen LogP contribution in [0.3, 0.4) is 0 Å². The molecule has 43 heavy (non-hydrogen) atoms. The number of aliphatic hydroxyl groups excluding tert-OH is 1. The molecule has 0 aliphatic carbocycles. The van der Waals surface area contributed by atoms with E-state index in [1.54, 1.807) is 49.4 Å². The third kappa shape index (κ3) is 5.30. The Kier molecular flexibility index (Phi) is 7.56. The van der Waals surface area contributed by atoms with Crippen molar-refractivity contribution in [1.82, 2.24) is 4.98 Å². The maximum Gasteiger partial charge on any atom is 0.350 e. The number of hydrogen-bond donors (Lipinski definition) is 1. The molecule has 10 nitrogen and oxygen atoms in total. The van der Waals surface area contributed by atoms with Crippen LogP contribution in [-0.2, 0) is 20.9 Å². The van der Waals surface area contributed by atoms with E-state index >= 15 is 0 Å². The molecule has 218 valence electrons. The van der Waals surface area contributed by atoms with Gasteiger partial charge in [-0.2, -0.15) is 0 Å². The molecule has 0 saturated carbocycles. The molecule has 0 unspecified atom stereocenters. The predicted octanol–water partition coefficient (Wildman–Crippen LogP) is 5.21. The topological polar surface area (TPSA) is 124 Å². The van der Waals surface area contributed by atoms with Crippen LogP contribution < -0.4 is 19.1 Å². The summed E-state index contributed by atoms with van der Waals surface area (Å²) in [6.45, 7) is 2.65. The number of carbonyl (C=O) groups excluding carboxylic acids is 3. The summed E-state index contributed by atoms with van der Waals surface area (Å²) in [5.41, 5.74) is 1.94. The van der Waals surface area contributed by atoms with Gasteiger partial charge in [-0.1, -0.05) is 53.8 Å². The molecule has 0 spiro atoms. The first-order chi connectivity index (χ1) is 20.9. The maximum absolute atomic E-state index is 13.6. The van der Waals surface area contributed by atoms with Crippen LogP contribution in [0.15, 0.2) is 78.4 Å². The predicted molar refractivity (Wildman–Crippen MR) is 158 cm³/mol. The van der Waals surface area contributed by atoms with Crippen LogP contribution in [-0.4, -0.2) is 48.1 Å². The van der Waals surface area contributed by atoms with Crippen LogP contribution >= 0.6 is 11.3 Å². The normalized spacial score (nSPS) is 17.2. The third-order valence-electron chi connectivity index (χ3n) is 7.04. The summed E-state index contributed by atoms with van der Waals surface area (Å²) >= 11 is 0.929. The highest BCUT2D eigenvalue weighted by Crippen LogP contribution is 2.45. The van der Waals surface area contributed by atoms with Crippen LogP contribution in [0.4, 0.5) is 5.13 Å². The summed E-state index contributed by atoms with van der Waals surface area (Å²) in [6.07, 6.45) is 0. The average molecular weight is 599 g/mol. The van der Waals surface area contributed by atoms with Crippen molar-refractivity contribution in [2.45, 2.75) is 19.6 Å². The van der Waals surface area contributed by atoms with Crippen molar-refractivity contribution in [2.75, 3.05) is 25.2 Å². The Labute approximate surface area is 250 Å². The van der Waals surface area contributed by atoms with Gasteiger partial charge >= 0.3 is 11.9 Å². The van der Waals surface area contributed by atoms with E-state index in [2.05, 4.69) is 4.98 Å². The number of esters is 1. The Balaban J connectivity index is 1.46. The molecule has 1 atom stereocenters. The number of ether oxygens (including phenoxy) is 4. The zero-order valence-electron chi connectivity index (χ0n) is 23.2. The number of thiazole rings is 1. The van der Waals surface area contributed by atoms with Crippen LogP contribution in [0.2, 0.25) is 0 Å². The second-order valence-electron chi connectivity index (χ2n) is 9.78. The molecular formula is C32H26N2O8S. The minimum atomic E-state index is -1.08. The molecule has 1 N–H and O–H groups in total. The number of anilines is 1. The molecule has 1 aromatic heterocycles. The molecule has 1 fully saturated rings. The lowest BCUT2D eigenvalue weighted by atomic mass is 9.95. The molecular weight excluding hydrogens is 572 g/mol. The molecule has 3 heterocycles. The smallest absolute Gasteiger partial charge is 0.350 e. The van der Waals surface area contributed by atoms with E-state index in [-0.39, 0.29) is 26.9 Å². The largest absolute Gasteiger partial charge is 0.507 e.